The number of hydrogen-bond acceptors (Lipinski definition) is 6. The largest absolute Gasteiger partial charge is 0.368 e. The minimum Gasteiger partial charge on any atom is -0.368 e. The molecule has 9 heteroatoms. The fraction of sp³-hybridized carbons (Fsp3) is 0.471. The van der Waals surface area contributed by atoms with E-state index in [1.54, 1.807) is 12.1 Å². The highest BCUT2D eigenvalue weighted by molar-refractivity contribution is 7.99. The van der Waals surface area contributed by atoms with Crippen LogP contribution < -0.4 is 10.6 Å². The van der Waals surface area contributed by atoms with Crippen LogP contribution in [0.1, 0.15) is 18.9 Å². The van der Waals surface area contributed by atoms with Crippen LogP contribution in [0.2, 0.25) is 0 Å². The number of benzene rings is 1. The molecule has 1 aliphatic heterocycles. The maximum atomic E-state index is 13.9. The lowest BCUT2D eigenvalue weighted by atomic mass is 10.2. The van der Waals surface area contributed by atoms with E-state index >= 15 is 0 Å². The Bertz CT molecular complexity index is 800. The first kappa shape index (κ1) is 17.1. The number of halogens is 1. The van der Waals surface area contributed by atoms with Gasteiger partial charge in [-0.3, -0.25) is 9.36 Å². The number of aromatic nitrogens is 3. The van der Waals surface area contributed by atoms with Gasteiger partial charge in [0.25, 0.3) is 0 Å². The molecule has 0 atom stereocenters. The number of carbonyl (C=O) groups excluding carboxylic acids is 1. The molecule has 0 unspecified atom stereocenters. The van der Waals surface area contributed by atoms with E-state index in [1.807, 2.05) is 20.4 Å². The highest BCUT2D eigenvalue weighted by atomic mass is 32.2. The molecule has 1 saturated carbocycles. The lowest BCUT2D eigenvalue weighted by Crippen LogP contribution is -2.49. The van der Waals surface area contributed by atoms with Crippen LogP contribution in [0.3, 0.4) is 0 Å². The number of nitrogens with zero attached hydrogens (tertiary/aromatic N) is 5. The van der Waals surface area contributed by atoms with E-state index in [0.29, 0.717) is 54.8 Å². The third-order valence-corrected chi connectivity index (χ3v) is 5.68. The Morgan fingerprint density at radius 3 is 2.62 bits per heavy atom. The van der Waals surface area contributed by atoms with Crippen molar-refractivity contribution in [1.82, 2.24) is 19.7 Å². The summed E-state index contributed by atoms with van der Waals surface area (Å²) in [7, 11) is 0. The summed E-state index contributed by atoms with van der Waals surface area (Å²) in [6.07, 6.45) is 2.17. The normalized spacial score (nSPS) is 17.6. The van der Waals surface area contributed by atoms with Crippen LogP contribution in [0.15, 0.2) is 29.4 Å². The zero-order valence-corrected chi connectivity index (χ0v) is 15.2. The van der Waals surface area contributed by atoms with Crippen molar-refractivity contribution in [3.63, 3.8) is 0 Å². The Morgan fingerprint density at radius 2 is 1.92 bits per heavy atom. The lowest BCUT2D eigenvalue weighted by Gasteiger charge is -2.36. The van der Waals surface area contributed by atoms with E-state index in [9.17, 15) is 9.18 Å². The first-order valence-electron chi connectivity index (χ1n) is 8.74. The van der Waals surface area contributed by atoms with Gasteiger partial charge >= 0.3 is 0 Å². The van der Waals surface area contributed by atoms with Crippen molar-refractivity contribution >= 4 is 29.3 Å². The predicted molar refractivity (Wildman–Crippen MR) is 98.6 cm³/mol. The number of nitrogens with two attached hydrogens (primary N) is 1. The van der Waals surface area contributed by atoms with E-state index in [2.05, 4.69) is 10.2 Å². The molecule has 2 heterocycles. The van der Waals surface area contributed by atoms with Gasteiger partial charge in [-0.25, -0.2) is 4.39 Å². The quantitative estimate of drug-likeness (QED) is 0.801. The van der Waals surface area contributed by atoms with Crippen LogP contribution in [0.25, 0.3) is 0 Å². The van der Waals surface area contributed by atoms with Gasteiger partial charge < -0.3 is 15.5 Å². The summed E-state index contributed by atoms with van der Waals surface area (Å²) in [5.74, 6) is 0.567. The topological polar surface area (TPSA) is 80.3 Å². The zero-order valence-electron chi connectivity index (χ0n) is 14.3. The van der Waals surface area contributed by atoms with Gasteiger partial charge in [-0.2, -0.15) is 0 Å². The number of amides is 1. The van der Waals surface area contributed by atoms with Gasteiger partial charge in [0.2, 0.25) is 11.9 Å². The number of hydrogen-bond donors (Lipinski definition) is 1. The summed E-state index contributed by atoms with van der Waals surface area (Å²) in [4.78, 5) is 16.3. The minimum atomic E-state index is -0.222. The molecule has 2 aromatic rings. The second-order valence-electron chi connectivity index (χ2n) is 6.55. The lowest BCUT2D eigenvalue weighted by molar-refractivity contribution is -0.128. The van der Waals surface area contributed by atoms with Crippen molar-refractivity contribution in [2.24, 2.45) is 0 Å². The SMILES string of the molecule is Nc1nnc(SCC(=O)N2CCN(c3ccccc3F)CC2)n1C1CC1. The molecule has 1 aliphatic carbocycles. The Morgan fingerprint density at radius 1 is 1.19 bits per heavy atom. The summed E-state index contributed by atoms with van der Waals surface area (Å²) in [5, 5.41) is 8.72. The first-order chi connectivity index (χ1) is 12.6. The number of para-hydroxylation sites is 1. The second kappa shape index (κ2) is 7.14. The van der Waals surface area contributed by atoms with Crippen molar-refractivity contribution in [1.29, 1.82) is 0 Å². The summed E-state index contributed by atoms with van der Waals surface area (Å²) in [6.45, 7) is 2.43. The fourth-order valence-corrected chi connectivity index (χ4v) is 4.10. The standard InChI is InChI=1S/C17H21FN6OS/c18-13-3-1-2-4-14(13)22-7-9-23(10-8-22)15(25)11-26-17-21-20-16(19)24(17)12-5-6-12/h1-4,12H,5-11H2,(H2,19,20). The van der Waals surface area contributed by atoms with Gasteiger partial charge in [0.15, 0.2) is 5.16 Å². The van der Waals surface area contributed by atoms with Crippen molar-refractivity contribution in [3.05, 3.63) is 30.1 Å². The minimum absolute atomic E-state index is 0.0621. The van der Waals surface area contributed by atoms with Crippen LogP contribution in [-0.2, 0) is 4.79 Å². The third kappa shape index (κ3) is 3.48. The van der Waals surface area contributed by atoms with E-state index in [4.69, 9.17) is 5.73 Å². The second-order valence-corrected chi connectivity index (χ2v) is 7.49. The molecule has 1 saturated heterocycles. The zero-order chi connectivity index (χ0) is 18.1. The number of thioether (sulfide) groups is 1. The smallest absolute Gasteiger partial charge is 0.233 e. The van der Waals surface area contributed by atoms with Crippen molar-refractivity contribution in [2.75, 3.05) is 42.6 Å². The average molecular weight is 376 g/mol. The molecule has 1 amide bonds. The number of carbonyl (C=O) groups is 1. The molecule has 2 fully saturated rings. The van der Waals surface area contributed by atoms with Crippen LogP contribution in [0.4, 0.5) is 16.0 Å². The molecule has 138 valence electrons. The highest BCUT2D eigenvalue weighted by Gasteiger charge is 2.29. The van der Waals surface area contributed by atoms with Crippen molar-refractivity contribution in [3.8, 4) is 0 Å². The number of piperazine rings is 1. The van der Waals surface area contributed by atoms with E-state index in [0.717, 1.165) is 12.8 Å². The van der Waals surface area contributed by atoms with Gasteiger partial charge in [0, 0.05) is 32.2 Å². The summed E-state index contributed by atoms with van der Waals surface area (Å²) < 4.78 is 15.8. The molecule has 0 radical (unpaired) electrons. The van der Waals surface area contributed by atoms with E-state index in [-0.39, 0.29) is 11.7 Å². The number of rotatable bonds is 5. The molecule has 0 bridgehead atoms. The molecule has 7 nitrogen and oxygen atoms in total. The van der Waals surface area contributed by atoms with Gasteiger partial charge in [0.05, 0.1) is 11.4 Å². The molecule has 0 spiro atoms. The summed E-state index contributed by atoms with van der Waals surface area (Å²) >= 11 is 1.38. The first-order valence-corrected chi connectivity index (χ1v) is 9.72. The molecule has 1 aromatic carbocycles. The van der Waals surface area contributed by atoms with Crippen LogP contribution >= 0.6 is 11.8 Å². The van der Waals surface area contributed by atoms with Gasteiger partial charge in [-0.1, -0.05) is 23.9 Å². The molecule has 26 heavy (non-hydrogen) atoms. The molecular formula is C17H21FN6OS. The Hall–Kier alpha value is -2.29. The number of anilines is 2. The monoisotopic (exact) mass is 376 g/mol. The third-order valence-electron chi connectivity index (χ3n) is 4.75. The van der Waals surface area contributed by atoms with Crippen molar-refractivity contribution in [2.45, 2.75) is 24.0 Å². The summed E-state index contributed by atoms with van der Waals surface area (Å²) in [6, 6.07) is 7.13. The molecule has 2 aliphatic rings. The Balaban J connectivity index is 1.31. The van der Waals surface area contributed by atoms with Gasteiger partial charge in [0.1, 0.15) is 5.82 Å². The van der Waals surface area contributed by atoms with Crippen molar-refractivity contribution < 1.29 is 9.18 Å². The molecule has 2 N–H and O–H groups in total. The fourth-order valence-electron chi connectivity index (χ4n) is 3.19. The maximum Gasteiger partial charge on any atom is 0.233 e. The molecule has 1 aromatic heterocycles. The maximum absolute atomic E-state index is 13.9. The summed E-state index contributed by atoms with van der Waals surface area (Å²) in [5.41, 5.74) is 6.46. The van der Waals surface area contributed by atoms with Gasteiger partial charge in [-0.15, -0.1) is 10.2 Å². The van der Waals surface area contributed by atoms with Gasteiger partial charge in [-0.05, 0) is 25.0 Å². The Kier molecular flexibility index (Phi) is 4.71. The Labute approximate surface area is 155 Å². The number of nitrogen functional groups attached to an aromatic ring is 1. The van der Waals surface area contributed by atoms with Crippen LogP contribution in [0, 0.1) is 5.82 Å². The average Bonchev–Trinajstić information content (AvgIpc) is 3.43. The highest BCUT2D eigenvalue weighted by Crippen LogP contribution is 2.39. The molecule has 4 rings (SSSR count). The van der Waals surface area contributed by atoms with Crippen LogP contribution in [-0.4, -0.2) is 57.5 Å². The molecular weight excluding hydrogens is 355 g/mol. The van der Waals surface area contributed by atoms with E-state index in [1.165, 1.54) is 17.8 Å². The van der Waals surface area contributed by atoms with Crippen LogP contribution in [0.5, 0.6) is 0 Å². The predicted octanol–water partition coefficient (Wildman–Crippen LogP) is 1.78. The van der Waals surface area contributed by atoms with E-state index < -0.39 is 0 Å².